The Hall–Kier alpha value is 0.707. The molecule has 4 nitrogen and oxygen atoms in total. The van der Waals surface area contributed by atoms with E-state index in [2.05, 4.69) is 4.74 Å². The number of rotatable bonds is 1. The quantitative estimate of drug-likeness (QED) is 0.487. The number of carbonyl (C=O) groups is 1. The van der Waals surface area contributed by atoms with Crippen LogP contribution in [-0.4, -0.2) is 71.3 Å². The Labute approximate surface area is 107 Å². The van der Waals surface area contributed by atoms with E-state index >= 15 is 0 Å². The van der Waals surface area contributed by atoms with Crippen LogP contribution in [0.15, 0.2) is 0 Å². The van der Waals surface area contributed by atoms with Crippen molar-refractivity contribution in [3.05, 3.63) is 0 Å². The van der Waals surface area contributed by atoms with E-state index in [1.54, 1.807) is 0 Å². The van der Waals surface area contributed by atoms with Crippen molar-refractivity contribution in [2.24, 2.45) is 0 Å². The zero-order valence-electron chi connectivity index (χ0n) is 9.21. The maximum absolute atomic E-state index is 10.2. The fourth-order valence-electron chi connectivity index (χ4n) is 1.17. The first-order chi connectivity index (χ1) is 5.12. The summed E-state index contributed by atoms with van der Waals surface area (Å²) in [5.74, 6) is 0. The van der Waals surface area contributed by atoms with Crippen LogP contribution in [0.5, 0.6) is 0 Å². The zero-order valence-corrected chi connectivity index (χ0v) is 11.4. The van der Waals surface area contributed by atoms with Crippen LogP contribution in [0.4, 0.5) is 4.79 Å². The molecular weight excluding hydrogens is 204 g/mol. The Kier molecular flexibility index (Phi) is 5.76. The molecule has 1 aliphatic heterocycles. The number of carboxylic acid groups (broad SMARTS) is 1. The van der Waals surface area contributed by atoms with Gasteiger partial charge >= 0.3 is 43.9 Å². The number of hydrogen-bond acceptors (Lipinski definition) is 3. The molecule has 0 radical (unpaired) electrons. The predicted molar refractivity (Wildman–Crippen MR) is 49.6 cm³/mol. The average molecular weight is 218 g/mol. The van der Waals surface area contributed by atoms with Crippen LogP contribution in [0.2, 0.25) is 0 Å². The molecule has 1 atom stereocenters. The molecule has 6 heteroatoms. The molecule has 1 fully saturated rings. The van der Waals surface area contributed by atoms with Crippen LogP contribution < -0.4 is 0 Å². The van der Waals surface area contributed by atoms with Gasteiger partial charge in [0.25, 0.3) is 0 Å². The Balaban J connectivity index is -0.000000403. The maximum atomic E-state index is 10.2. The minimum Gasteiger partial charge on any atom is -1.00 e. The van der Waals surface area contributed by atoms with E-state index in [4.69, 9.17) is 9.84 Å². The van der Waals surface area contributed by atoms with Gasteiger partial charge in [-0.3, -0.25) is 0 Å². The largest absolute Gasteiger partial charge is 2.00 e. The molecule has 0 bridgehead atoms. The summed E-state index contributed by atoms with van der Waals surface area (Å²) in [6.45, 7) is 0.622. The van der Waals surface area contributed by atoms with Gasteiger partial charge in [0, 0.05) is 6.42 Å². The molecule has 0 aromatic heterocycles. The number of hydrogen-bond donors (Lipinski definition) is 1. The first-order valence-electron chi connectivity index (χ1n) is 3.68. The fourth-order valence-corrected chi connectivity index (χ4v) is 1.91. The van der Waals surface area contributed by atoms with Crippen molar-refractivity contribution in [1.29, 1.82) is 0 Å². The second-order valence-electron chi connectivity index (χ2n) is 2.81. The minimum atomic E-state index is -1.23. The van der Waals surface area contributed by atoms with E-state index < -0.39 is 11.6 Å². The topological polar surface area (TPSA) is 55.8 Å². The minimum absolute atomic E-state index is 0. The van der Waals surface area contributed by atoms with E-state index in [0.29, 0.717) is 23.3 Å². The molecule has 1 saturated heterocycles. The summed E-state index contributed by atoms with van der Waals surface area (Å²) in [7, 11) is 0.603. The van der Waals surface area contributed by atoms with Crippen molar-refractivity contribution in [1.82, 2.24) is 0 Å². The summed E-state index contributed by atoms with van der Waals surface area (Å²) >= 11 is 0. The molecule has 12 heavy (non-hydrogen) atoms. The van der Waals surface area contributed by atoms with E-state index in [9.17, 15) is 4.79 Å². The van der Waals surface area contributed by atoms with Crippen LogP contribution in [-0.2, 0) is 9.47 Å². The first-order valence-corrected chi connectivity index (χ1v) is 4.68. The van der Waals surface area contributed by atoms with Gasteiger partial charge in [0.05, 0.1) is 16.8 Å². The van der Waals surface area contributed by atoms with Crippen molar-refractivity contribution >= 4 is 54.1 Å². The second-order valence-corrected chi connectivity index (χ2v) is 4.33. The third-order valence-corrected chi connectivity index (χ3v) is 2.73. The SMILES string of the molecule is O=C(O)OC1([SiH3])CCCCO1.[Ca+2].[H-].[H-]. The van der Waals surface area contributed by atoms with Gasteiger partial charge in [-0.25, -0.2) is 4.79 Å². The summed E-state index contributed by atoms with van der Waals surface area (Å²) < 4.78 is 9.87. The summed E-state index contributed by atoms with van der Waals surface area (Å²) in [5.41, 5.74) is -0.760. The Bertz CT molecular complexity index is 166. The average Bonchev–Trinajstić information content (AvgIpc) is 1.85. The molecule has 0 aromatic carbocycles. The van der Waals surface area contributed by atoms with Gasteiger partial charge in [0.1, 0.15) is 0 Å². The first kappa shape index (κ1) is 12.7. The molecular formula is C6H14CaO4Si. The van der Waals surface area contributed by atoms with Gasteiger partial charge in [-0.2, -0.15) is 0 Å². The van der Waals surface area contributed by atoms with Gasteiger partial charge in [-0.05, 0) is 12.8 Å². The second kappa shape index (κ2) is 5.44. The number of ether oxygens (including phenoxy) is 2. The van der Waals surface area contributed by atoms with Crippen LogP contribution in [0.3, 0.4) is 0 Å². The Morgan fingerprint density at radius 2 is 2.33 bits per heavy atom. The molecule has 1 N–H and O–H groups in total. The molecule has 0 amide bonds. The van der Waals surface area contributed by atoms with Gasteiger partial charge in [0.2, 0.25) is 0 Å². The smallest absolute Gasteiger partial charge is 1.00 e. The van der Waals surface area contributed by atoms with Crippen molar-refractivity contribution in [3.63, 3.8) is 0 Å². The zero-order chi connectivity index (χ0) is 8.32. The van der Waals surface area contributed by atoms with E-state index in [1.807, 2.05) is 0 Å². The molecule has 0 spiro atoms. The maximum Gasteiger partial charge on any atom is 2.00 e. The molecule has 0 aromatic rings. The summed E-state index contributed by atoms with van der Waals surface area (Å²) in [5, 5.41) is 8.35. The van der Waals surface area contributed by atoms with E-state index in [0.717, 1.165) is 12.8 Å². The molecule has 0 saturated carbocycles. The van der Waals surface area contributed by atoms with Crippen molar-refractivity contribution in [2.75, 3.05) is 6.61 Å². The van der Waals surface area contributed by atoms with E-state index in [-0.39, 0.29) is 40.6 Å². The van der Waals surface area contributed by atoms with Crippen LogP contribution >= 0.6 is 0 Å². The molecule has 0 aliphatic carbocycles. The third-order valence-electron chi connectivity index (χ3n) is 1.74. The molecule has 68 valence electrons. The monoisotopic (exact) mass is 218 g/mol. The van der Waals surface area contributed by atoms with E-state index in [1.165, 1.54) is 0 Å². The summed E-state index contributed by atoms with van der Waals surface area (Å²) in [4.78, 5) is 10.2. The third kappa shape index (κ3) is 4.09. The van der Waals surface area contributed by atoms with Crippen LogP contribution in [0.1, 0.15) is 22.1 Å². The van der Waals surface area contributed by atoms with Crippen LogP contribution in [0.25, 0.3) is 0 Å². The van der Waals surface area contributed by atoms with Gasteiger partial charge in [0.15, 0.2) is 5.41 Å². The van der Waals surface area contributed by atoms with Crippen molar-refractivity contribution in [3.8, 4) is 0 Å². The summed E-state index contributed by atoms with van der Waals surface area (Å²) in [6.07, 6.45) is 1.48. The molecule has 1 unspecified atom stereocenters. The summed E-state index contributed by atoms with van der Waals surface area (Å²) in [6, 6.07) is 0. The van der Waals surface area contributed by atoms with Gasteiger partial charge in [-0.1, -0.05) is 0 Å². The molecule has 1 aliphatic rings. The molecule has 1 rings (SSSR count). The fraction of sp³-hybridized carbons (Fsp3) is 0.833. The molecule has 1 heterocycles. The Morgan fingerprint density at radius 1 is 1.67 bits per heavy atom. The van der Waals surface area contributed by atoms with Crippen LogP contribution in [0, 0.1) is 0 Å². The van der Waals surface area contributed by atoms with Crippen molar-refractivity contribution in [2.45, 2.75) is 24.7 Å². The van der Waals surface area contributed by atoms with Gasteiger partial charge < -0.3 is 17.4 Å². The normalized spacial score (nSPS) is 29.0. The standard InChI is InChI=1S/C6H12O4Si.Ca.2H/c7-5(8)10-6(11)3-1-2-4-9-6;;;/h1-4H2,11H3,(H,7,8);;;/q;+2;2*-1. The van der Waals surface area contributed by atoms with Crippen molar-refractivity contribution < 1.29 is 22.2 Å². The Morgan fingerprint density at radius 3 is 2.75 bits per heavy atom. The predicted octanol–water partition coefficient (Wildman–Crippen LogP) is -0.255. The van der Waals surface area contributed by atoms with Gasteiger partial charge in [-0.15, -0.1) is 0 Å².